The molecule has 1 saturated heterocycles. The fourth-order valence-corrected chi connectivity index (χ4v) is 3.05. The first-order valence-electron chi connectivity index (χ1n) is 7.26. The molecular weight excluding hydrogens is 228 g/mol. The van der Waals surface area contributed by atoms with Gasteiger partial charge >= 0.3 is 0 Å². The van der Waals surface area contributed by atoms with Gasteiger partial charge in [-0.05, 0) is 44.4 Å². The van der Waals surface area contributed by atoms with Crippen LogP contribution in [0.15, 0.2) is 0 Å². The number of ether oxygens (including phenoxy) is 1. The predicted octanol–water partition coefficient (Wildman–Crippen LogP) is 1.58. The van der Waals surface area contributed by atoms with Crippen LogP contribution in [0.3, 0.4) is 0 Å². The van der Waals surface area contributed by atoms with Gasteiger partial charge in [-0.25, -0.2) is 0 Å². The van der Waals surface area contributed by atoms with Crippen LogP contribution >= 0.6 is 0 Å². The Morgan fingerprint density at radius 2 is 2.11 bits per heavy atom. The summed E-state index contributed by atoms with van der Waals surface area (Å²) in [7, 11) is 0. The van der Waals surface area contributed by atoms with Gasteiger partial charge in [0.05, 0.1) is 18.1 Å². The van der Waals surface area contributed by atoms with Crippen molar-refractivity contribution >= 4 is 5.91 Å². The minimum Gasteiger partial charge on any atom is -0.378 e. The Morgan fingerprint density at radius 1 is 1.39 bits per heavy atom. The third kappa shape index (κ3) is 3.45. The molecule has 0 bridgehead atoms. The van der Waals surface area contributed by atoms with E-state index in [1.165, 1.54) is 0 Å². The number of hydrogen-bond donors (Lipinski definition) is 2. The van der Waals surface area contributed by atoms with Crippen LogP contribution < -0.4 is 11.1 Å². The molecule has 1 saturated carbocycles. The summed E-state index contributed by atoms with van der Waals surface area (Å²) in [6, 6.07) is 0. The van der Waals surface area contributed by atoms with E-state index < -0.39 is 0 Å². The molecule has 18 heavy (non-hydrogen) atoms. The summed E-state index contributed by atoms with van der Waals surface area (Å²) in [6.07, 6.45) is 7.08. The van der Waals surface area contributed by atoms with Crippen molar-refractivity contribution in [3.05, 3.63) is 0 Å². The molecule has 0 aromatic rings. The number of amides is 1. The van der Waals surface area contributed by atoms with Crippen LogP contribution in [0.25, 0.3) is 0 Å². The van der Waals surface area contributed by atoms with Crippen molar-refractivity contribution in [3.8, 4) is 0 Å². The lowest BCUT2D eigenvalue weighted by atomic mass is 9.77. The van der Waals surface area contributed by atoms with Crippen molar-refractivity contribution in [2.45, 2.75) is 63.5 Å². The minimum absolute atomic E-state index is 0.113. The second kappa shape index (κ2) is 6.02. The molecule has 2 fully saturated rings. The largest absolute Gasteiger partial charge is 0.378 e. The van der Waals surface area contributed by atoms with Gasteiger partial charge < -0.3 is 15.8 Å². The highest BCUT2D eigenvalue weighted by atomic mass is 16.5. The molecule has 104 valence electrons. The Labute approximate surface area is 110 Å². The number of rotatable bonds is 4. The second-order valence-electron chi connectivity index (χ2n) is 6.05. The molecular formula is C14H26N2O2. The quantitative estimate of drug-likeness (QED) is 0.800. The van der Waals surface area contributed by atoms with Crippen molar-refractivity contribution in [1.29, 1.82) is 0 Å². The van der Waals surface area contributed by atoms with Gasteiger partial charge in [0.1, 0.15) is 0 Å². The first-order valence-corrected chi connectivity index (χ1v) is 7.26. The average Bonchev–Trinajstić information content (AvgIpc) is 2.85. The fourth-order valence-electron chi connectivity index (χ4n) is 3.05. The van der Waals surface area contributed by atoms with Crippen LogP contribution in [-0.4, -0.2) is 30.7 Å². The lowest BCUT2D eigenvalue weighted by molar-refractivity contribution is -0.125. The maximum atomic E-state index is 12.1. The van der Waals surface area contributed by atoms with E-state index in [0.717, 1.165) is 51.0 Å². The van der Waals surface area contributed by atoms with E-state index in [-0.39, 0.29) is 17.6 Å². The van der Waals surface area contributed by atoms with Gasteiger partial charge in [-0.1, -0.05) is 6.92 Å². The first-order chi connectivity index (χ1) is 8.63. The zero-order valence-corrected chi connectivity index (χ0v) is 11.4. The molecule has 0 radical (unpaired) electrons. The van der Waals surface area contributed by atoms with Crippen LogP contribution in [-0.2, 0) is 9.53 Å². The summed E-state index contributed by atoms with van der Waals surface area (Å²) in [4.78, 5) is 12.1. The molecule has 1 amide bonds. The van der Waals surface area contributed by atoms with Crippen molar-refractivity contribution in [1.82, 2.24) is 5.32 Å². The van der Waals surface area contributed by atoms with E-state index in [0.29, 0.717) is 13.0 Å². The summed E-state index contributed by atoms with van der Waals surface area (Å²) in [5.74, 6) is 0.877. The van der Waals surface area contributed by atoms with Gasteiger partial charge in [0.25, 0.3) is 0 Å². The Bertz CT molecular complexity index is 280. The number of carbonyl (C=O) groups is 1. The third-order valence-electron chi connectivity index (χ3n) is 4.46. The number of nitrogens with one attached hydrogen (secondary N) is 1. The Morgan fingerprint density at radius 3 is 2.67 bits per heavy atom. The van der Waals surface area contributed by atoms with Crippen LogP contribution in [0.4, 0.5) is 0 Å². The maximum Gasteiger partial charge on any atom is 0.223 e. The molecule has 1 unspecified atom stereocenters. The average molecular weight is 254 g/mol. The van der Waals surface area contributed by atoms with Gasteiger partial charge in [0.2, 0.25) is 5.91 Å². The SMILES string of the molecule is CC1CCC(CN)(NC(=O)CC2CCCO2)CC1. The lowest BCUT2D eigenvalue weighted by Gasteiger charge is -2.39. The van der Waals surface area contributed by atoms with E-state index in [4.69, 9.17) is 10.5 Å². The molecule has 2 rings (SSSR count). The van der Waals surface area contributed by atoms with Crippen LogP contribution in [0, 0.1) is 5.92 Å². The second-order valence-corrected chi connectivity index (χ2v) is 6.05. The molecule has 3 N–H and O–H groups in total. The molecule has 0 aromatic carbocycles. The topological polar surface area (TPSA) is 64.3 Å². The zero-order chi connectivity index (χ0) is 13.0. The van der Waals surface area contributed by atoms with E-state index in [9.17, 15) is 4.79 Å². The zero-order valence-electron chi connectivity index (χ0n) is 11.4. The highest BCUT2D eigenvalue weighted by molar-refractivity contribution is 5.77. The van der Waals surface area contributed by atoms with Crippen LogP contribution in [0.5, 0.6) is 0 Å². The summed E-state index contributed by atoms with van der Waals surface area (Å²) in [5, 5.41) is 3.19. The van der Waals surface area contributed by atoms with E-state index in [1.807, 2.05) is 0 Å². The summed E-state index contributed by atoms with van der Waals surface area (Å²) < 4.78 is 5.50. The molecule has 1 atom stereocenters. The molecule has 4 nitrogen and oxygen atoms in total. The van der Waals surface area contributed by atoms with Crippen molar-refractivity contribution in [2.75, 3.05) is 13.2 Å². The summed E-state index contributed by atoms with van der Waals surface area (Å²) in [6.45, 7) is 3.63. The standard InChI is InChI=1S/C14H26N2O2/c1-11-4-6-14(10-15,7-5-11)16-13(17)9-12-3-2-8-18-12/h11-12H,2-10,15H2,1H3,(H,16,17). The Kier molecular flexibility index (Phi) is 4.62. The monoisotopic (exact) mass is 254 g/mol. The van der Waals surface area contributed by atoms with E-state index in [2.05, 4.69) is 12.2 Å². The molecule has 0 spiro atoms. The third-order valence-corrected chi connectivity index (χ3v) is 4.46. The van der Waals surface area contributed by atoms with Gasteiger partial charge in [-0.15, -0.1) is 0 Å². The van der Waals surface area contributed by atoms with Gasteiger partial charge in [0.15, 0.2) is 0 Å². The minimum atomic E-state index is -0.151. The van der Waals surface area contributed by atoms with Gasteiger partial charge in [-0.3, -0.25) is 4.79 Å². The maximum absolute atomic E-state index is 12.1. The predicted molar refractivity (Wildman–Crippen MR) is 71.2 cm³/mol. The highest BCUT2D eigenvalue weighted by Gasteiger charge is 2.34. The van der Waals surface area contributed by atoms with Crippen LogP contribution in [0.2, 0.25) is 0 Å². The van der Waals surface area contributed by atoms with Crippen molar-refractivity contribution < 1.29 is 9.53 Å². The smallest absolute Gasteiger partial charge is 0.223 e. The van der Waals surface area contributed by atoms with Crippen molar-refractivity contribution in [3.63, 3.8) is 0 Å². The van der Waals surface area contributed by atoms with Gasteiger partial charge in [-0.2, -0.15) is 0 Å². The number of hydrogen-bond acceptors (Lipinski definition) is 3. The molecule has 1 heterocycles. The molecule has 2 aliphatic rings. The van der Waals surface area contributed by atoms with E-state index in [1.54, 1.807) is 0 Å². The normalized spacial score (nSPS) is 36.6. The Hall–Kier alpha value is -0.610. The molecule has 1 aliphatic carbocycles. The lowest BCUT2D eigenvalue weighted by Crippen LogP contribution is -2.55. The molecule has 4 heteroatoms. The van der Waals surface area contributed by atoms with E-state index >= 15 is 0 Å². The molecule has 1 aliphatic heterocycles. The Balaban J connectivity index is 1.83. The fraction of sp³-hybridized carbons (Fsp3) is 0.929. The molecule has 0 aromatic heterocycles. The number of carbonyl (C=O) groups excluding carboxylic acids is 1. The first kappa shape index (κ1) is 13.8. The van der Waals surface area contributed by atoms with Crippen molar-refractivity contribution in [2.24, 2.45) is 11.7 Å². The summed E-state index contributed by atoms with van der Waals surface area (Å²) in [5.41, 5.74) is 5.74. The number of nitrogens with two attached hydrogens (primary N) is 1. The van der Waals surface area contributed by atoms with Gasteiger partial charge in [0, 0.05) is 13.2 Å². The highest BCUT2D eigenvalue weighted by Crippen LogP contribution is 2.31. The summed E-state index contributed by atoms with van der Waals surface area (Å²) >= 11 is 0. The van der Waals surface area contributed by atoms with Crippen LogP contribution in [0.1, 0.15) is 51.9 Å².